The second-order valence-corrected chi connectivity index (χ2v) is 6.16. The van der Waals surface area contributed by atoms with Crippen LogP contribution in [0.25, 0.3) is 0 Å². The smallest absolute Gasteiger partial charge is 0.352 e. The van der Waals surface area contributed by atoms with Crippen LogP contribution in [0.4, 0.5) is 0 Å². The van der Waals surface area contributed by atoms with Crippen molar-refractivity contribution in [3.05, 3.63) is 12.2 Å². The Balaban J connectivity index is 2.69. The minimum absolute atomic E-state index is 0.104. The number of piperidine rings is 1. The number of carbonyl (C=O) groups is 1. The molecule has 1 aliphatic rings. The molecule has 1 fully saturated rings. The van der Waals surface area contributed by atoms with Gasteiger partial charge in [0.2, 0.25) is 0 Å². The third kappa shape index (κ3) is 3.08. The molecule has 0 aliphatic carbocycles. The molecule has 92 valence electrons. The van der Waals surface area contributed by atoms with Crippen LogP contribution in [0.15, 0.2) is 12.2 Å². The van der Waals surface area contributed by atoms with Gasteiger partial charge < -0.3 is 4.84 Å². The standard InChI is InChI=1S/C13H23NO2/c1-10(2)11(15)16-14-8-7-12(3,4)9-13(14,5)6/h1,7-9H2,2-6H3. The SMILES string of the molecule is C=C(C)C(=O)ON1CCC(C)(C)CC1(C)C. The molecular weight excluding hydrogens is 202 g/mol. The number of nitrogens with zero attached hydrogens (tertiary/aromatic N) is 1. The molecule has 0 saturated carbocycles. The van der Waals surface area contributed by atoms with E-state index in [4.69, 9.17) is 4.84 Å². The fourth-order valence-electron chi connectivity index (χ4n) is 2.40. The van der Waals surface area contributed by atoms with Gasteiger partial charge in [-0.25, -0.2) is 4.79 Å². The molecule has 0 amide bonds. The minimum atomic E-state index is -0.326. The zero-order valence-corrected chi connectivity index (χ0v) is 11.1. The molecule has 1 heterocycles. The molecule has 0 aromatic heterocycles. The van der Waals surface area contributed by atoms with E-state index < -0.39 is 0 Å². The maximum Gasteiger partial charge on any atom is 0.352 e. The van der Waals surface area contributed by atoms with E-state index in [-0.39, 0.29) is 11.5 Å². The van der Waals surface area contributed by atoms with Crippen LogP contribution >= 0.6 is 0 Å². The van der Waals surface area contributed by atoms with Crippen LogP contribution < -0.4 is 0 Å². The van der Waals surface area contributed by atoms with E-state index in [1.807, 2.05) is 0 Å². The number of carbonyl (C=O) groups excluding carboxylic acids is 1. The number of rotatable bonds is 2. The fourth-order valence-corrected chi connectivity index (χ4v) is 2.40. The summed E-state index contributed by atoms with van der Waals surface area (Å²) in [7, 11) is 0. The van der Waals surface area contributed by atoms with Gasteiger partial charge in [0.05, 0.1) is 5.54 Å². The summed E-state index contributed by atoms with van der Waals surface area (Å²) in [6.45, 7) is 14.8. The Kier molecular flexibility index (Phi) is 3.48. The van der Waals surface area contributed by atoms with Crippen molar-refractivity contribution in [2.75, 3.05) is 6.54 Å². The van der Waals surface area contributed by atoms with Crippen molar-refractivity contribution >= 4 is 5.97 Å². The Hall–Kier alpha value is -0.830. The number of hydroxylamine groups is 2. The van der Waals surface area contributed by atoms with Crippen LogP contribution in [0.1, 0.15) is 47.5 Å². The highest BCUT2D eigenvalue weighted by Gasteiger charge is 2.40. The van der Waals surface area contributed by atoms with E-state index in [9.17, 15) is 4.79 Å². The van der Waals surface area contributed by atoms with Crippen LogP contribution in [0, 0.1) is 5.41 Å². The molecule has 0 radical (unpaired) electrons. The van der Waals surface area contributed by atoms with Gasteiger partial charge in [-0.3, -0.25) is 0 Å². The maximum atomic E-state index is 11.5. The first-order valence-electron chi connectivity index (χ1n) is 5.79. The Morgan fingerprint density at radius 1 is 1.31 bits per heavy atom. The van der Waals surface area contributed by atoms with E-state index in [0.717, 1.165) is 19.4 Å². The molecule has 0 bridgehead atoms. The summed E-state index contributed by atoms with van der Waals surface area (Å²) in [5.41, 5.74) is 0.656. The number of hydrogen-bond acceptors (Lipinski definition) is 3. The first-order valence-corrected chi connectivity index (χ1v) is 5.79. The zero-order chi connectivity index (χ0) is 12.6. The van der Waals surface area contributed by atoms with Gasteiger partial charge in [0.25, 0.3) is 0 Å². The second kappa shape index (κ2) is 4.21. The van der Waals surface area contributed by atoms with Gasteiger partial charge in [-0.2, -0.15) is 0 Å². The molecule has 1 aliphatic heterocycles. The molecular formula is C13H23NO2. The third-order valence-electron chi connectivity index (χ3n) is 3.12. The predicted octanol–water partition coefficient (Wildman–Crippen LogP) is 2.92. The summed E-state index contributed by atoms with van der Waals surface area (Å²) in [6, 6.07) is 0. The van der Waals surface area contributed by atoms with Crippen molar-refractivity contribution in [2.45, 2.75) is 53.0 Å². The summed E-state index contributed by atoms with van der Waals surface area (Å²) < 4.78 is 0. The quantitative estimate of drug-likeness (QED) is 0.677. The molecule has 0 spiro atoms. The first-order chi connectivity index (χ1) is 7.14. The summed E-state index contributed by atoms with van der Waals surface area (Å²) in [5, 5.41) is 1.80. The average Bonchev–Trinajstić information content (AvgIpc) is 2.07. The maximum absolute atomic E-state index is 11.5. The Labute approximate surface area is 98.4 Å². The normalized spacial score (nSPS) is 23.8. The highest BCUT2D eigenvalue weighted by atomic mass is 16.7. The average molecular weight is 225 g/mol. The van der Waals surface area contributed by atoms with Crippen LogP contribution in [0.2, 0.25) is 0 Å². The lowest BCUT2D eigenvalue weighted by molar-refractivity contribution is -0.230. The van der Waals surface area contributed by atoms with Crippen LogP contribution in [0.5, 0.6) is 0 Å². The lowest BCUT2D eigenvalue weighted by Gasteiger charge is -2.47. The van der Waals surface area contributed by atoms with Crippen molar-refractivity contribution < 1.29 is 9.63 Å². The van der Waals surface area contributed by atoms with Crippen molar-refractivity contribution in [2.24, 2.45) is 5.41 Å². The molecule has 0 unspecified atom stereocenters. The topological polar surface area (TPSA) is 29.5 Å². The Morgan fingerprint density at radius 2 is 1.88 bits per heavy atom. The highest BCUT2D eigenvalue weighted by Crippen LogP contribution is 2.39. The predicted molar refractivity (Wildman–Crippen MR) is 64.7 cm³/mol. The van der Waals surface area contributed by atoms with E-state index in [2.05, 4.69) is 34.3 Å². The van der Waals surface area contributed by atoms with Crippen molar-refractivity contribution in [1.29, 1.82) is 0 Å². The molecule has 0 N–H and O–H groups in total. The summed E-state index contributed by atoms with van der Waals surface area (Å²) in [5.74, 6) is -0.326. The molecule has 16 heavy (non-hydrogen) atoms. The van der Waals surface area contributed by atoms with Crippen molar-refractivity contribution in [1.82, 2.24) is 5.06 Å². The molecule has 1 saturated heterocycles. The number of hydrogen-bond donors (Lipinski definition) is 0. The molecule has 0 aromatic carbocycles. The summed E-state index contributed by atoms with van der Waals surface area (Å²) in [6.07, 6.45) is 2.06. The van der Waals surface area contributed by atoms with E-state index >= 15 is 0 Å². The fraction of sp³-hybridized carbons (Fsp3) is 0.769. The van der Waals surface area contributed by atoms with Gasteiger partial charge in [0, 0.05) is 12.1 Å². The minimum Gasteiger partial charge on any atom is -0.364 e. The lowest BCUT2D eigenvalue weighted by atomic mass is 9.74. The van der Waals surface area contributed by atoms with Crippen molar-refractivity contribution in [3.63, 3.8) is 0 Å². The van der Waals surface area contributed by atoms with Gasteiger partial charge in [-0.15, -0.1) is 5.06 Å². The van der Waals surface area contributed by atoms with E-state index in [0.29, 0.717) is 11.0 Å². The summed E-state index contributed by atoms with van der Waals surface area (Å²) >= 11 is 0. The van der Waals surface area contributed by atoms with Crippen molar-refractivity contribution in [3.8, 4) is 0 Å². The van der Waals surface area contributed by atoms with Crippen LogP contribution in [-0.4, -0.2) is 23.1 Å². The Bertz CT molecular complexity index is 305. The van der Waals surface area contributed by atoms with E-state index in [1.165, 1.54) is 0 Å². The van der Waals surface area contributed by atoms with Gasteiger partial charge in [-0.05, 0) is 39.0 Å². The molecule has 3 nitrogen and oxygen atoms in total. The third-order valence-corrected chi connectivity index (χ3v) is 3.12. The van der Waals surface area contributed by atoms with Gasteiger partial charge in [0.15, 0.2) is 0 Å². The zero-order valence-electron chi connectivity index (χ0n) is 11.1. The summed E-state index contributed by atoms with van der Waals surface area (Å²) in [4.78, 5) is 16.9. The highest BCUT2D eigenvalue weighted by molar-refractivity contribution is 5.86. The largest absolute Gasteiger partial charge is 0.364 e. The molecule has 0 aromatic rings. The molecule has 1 rings (SSSR count). The van der Waals surface area contributed by atoms with Gasteiger partial charge in [-0.1, -0.05) is 20.4 Å². The van der Waals surface area contributed by atoms with Crippen LogP contribution in [-0.2, 0) is 9.63 Å². The Morgan fingerprint density at radius 3 is 2.31 bits per heavy atom. The first kappa shape index (κ1) is 13.2. The molecule has 3 heteroatoms. The molecule has 0 atom stereocenters. The second-order valence-electron chi connectivity index (χ2n) is 6.16. The van der Waals surface area contributed by atoms with Crippen LogP contribution in [0.3, 0.4) is 0 Å². The lowest BCUT2D eigenvalue weighted by Crippen LogP contribution is -2.52. The van der Waals surface area contributed by atoms with E-state index in [1.54, 1.807) is 12.0 Å². The monoisotopic (exact) mass is 225 g/mol. The van der Waals surface area contributed by atoms with Gasteiger partial charge >= 0.3 is 5.97 Å². The van der Waals surface area contributed by atoms with Gasteiger partial charge in [0.1, 0.15) is 0 Å².